The molecule has 1 atom stereocenters. The summed E-state index contributed by atoms with van der Waals surface area (Å²) in [5.74, 6) is 0.603. The van der Waals surface area contributed by atoms with E-state index in [0.29, 0.717) is 45.1 Å². The lowest BCUT2D eigenvalue weighted by molar-refractivity contribution is -0.129. The smallest absolute Gasteiger partial charge is 0.410 e. The number of morpholine rings is 1. The second kappa shape index (κ2) is 9.13. The molecular weight excluding hydrogens is 282 g/mol. The van der Waals surface area contributed by atoms with E-state index in [9.17, 15) is 9.59 Å². The fourth-order valence-corrected chi connectivity index (χ4v) is 3.32. The average molecular weight is 311 g/mol. The lowest BCUT2D eigenvalue weighted by Gasteiger charge is -2.30. The summed E-state index contributed by atoms with van der Waals surface area (Å²) in [6, 6.07) is 0. The van der Waals surface area contributed by atoms with Crippen LogP contribution < -0.4 is 0 Å². The molecule has 0 aromatic rings. The highest BCUT2D eigenvalue weighted by Gasteiger charge is 2.29. The number of carbonyl (C=O) groups excluding carboxylic acids is 2. The molecular formula is C17H29NO4. The third-order valence-electron chi connectivity index (χ3n) is 4.64. The predicted octanol–water partition coefficient (Wildman–Crippen LogP) is 3.16. The highest BCUT2D eigenvalue weighted by atomic mass is 16.6. The van der Waals surface area contributed by atoms with Gasteiger partial charge in [0.2, 0.25) is 0 Å². The number of nitrogens with zero attached hydrogens (tertiary/aromatic N) is 1. The maximum Gasteiger partial charge on any atom is 0.410 e. The van der Waals surface area contributed by atoms with Crippen LogP contribution in [-0.2, 0) is 14.3 Å². The maximum atomic E-state index is 12.3. The molecule has 0 bridgehead atoms. The molecule has 1 saturated heterocycles. The SMILES string of the molecule is CCCC(=O)[C@H](CC1CCCCC1)OC(=O)N1CCOCC1. The predicted molar refractivity (Wildman–Crippen MR) is 83.8 cm³/mol. The fourth-order valence-electron chi connectivity index (χ4n) is 3.32. The van der Waals surface area contributed by atoms with Crippen LogP contribution in [0.2, 0.25) is 0 Å². The van der Waals surface area contributed by atoms with Crippen LogP contribution in [-0.4, -0.2) is 49.2 Å². The number of hydrogen-bond acceptors (Lipinski definition) is 4. The summed E-state index contributed by atoms with van der Waals surface area (Å²) in [5, 5.41) is 0. The van der Waals surface area contributed by atoms with Gasteiger partial charge in [0.05, 0.1) is 13.2 Å². The molecule has 22 heavy (non-hydrogen) atoms. The number of ether oxygens (including phenoxy) is 2. The fraction of sp³-hybridized carbons (Fsp3) is 0.882. The van der Waals surface area contributed by atoms with Crippen molar-refractivity contribution in [3.63, 3.8) is 0 Å². The van der Waals surface area contributed by atoms with Crippen molar-refractivity contribution in [3.05, 3.63) is 0 Å². The second-order valence-electron chi connectivity index (χ2n) is 6.43. The molecule has 2 fully saturated rings. The zero-order valence-electron chi connectivity index (χ0n) is 13.7. The minimum absolute atomic E-state index is 0.0784. The van der Waals surface area contributed by atoms with Gasteiger partial charge in [-0.05, 0) is 18.8 Å². The first-order valence-corrected chi connectivity index (χ1v) is 8.76. The van der Waals surface area contributed by atoms with E-state index < -0.39 is 6.10 Å². The molecule has 0 spiro atoms. The van der Waals surface area contributed by atoms with E-state index >= 15 is 0 Å². The molecule has 1 aliphatic heterocycles. The number of carbonyl (C=O) groups is 2. The van der Waals surface area contributed by atoms with Crippen LogP contribution in [0.15, 0.2) is 0 Å². The Bertz CT molecular complexity index is 360. The molecule has 2 rings (SSSR count). The van der Waals surface area contributed by atoms with Gasteiger partial charge in [0, 0.05) is 19.5 Å². The first-order chi connectivity index (χ1) is 10.7. The minimum Gasteiger partial charge on any atom is -0.438 e. The Morgan fingerprint density at radius 2 is 1.86 bits per heavy atom. The molecule has 5 heteroatoms. The van der Waals surface area contributed by atoms with Crippen molar-refractivity contribution < 1.29 is 19.1 Å². The lowest BCUT2D eigenvalue weighted by atomic mass is 9.84. The number of Topliss-reactive ketones (excluding diaryl/α,β-unsaturated/α-hetero) is 1. The third-order valence-corrected chi connectivity index (χ3v) is 4.64. The Morgan fingerprint density at radius 1 is 1.18 bits per heavy atom. The summed E-state index contributed by atoms with van der Waals surface area (Å²) in [4.78, 5) is 26.2. The molecule has 1 saturated carbocycles. The number of ketones is 1. The zero-order chi connectivity index (χ0) is 15.8. The Kier molecular flexibility index (Phi) is 7.16. The van der Waals surface area contributed by atoms with Crippen molar-refractivity contribution in [2.45, 2.75) is 64.4 Å². The van der Waals surface area contributed by atoms with Crippen LogP contribution >= 0.6 is 0 Å². The molecule has 5 nitrogen and oxygen atoms in total. The normalized spacial score (nSPS) is 21.4. The van der Waals surface area contributed by atoms with E-state index in [-0.39, 0.29) is 11.9 Å². The molecule has 0 N–H and O–H groups in total. The van der Waals surface area contributed by atoms with Crippen LogP contribution in [0.1, 0.15) is 58.3 Å². The molecule has 126 valence electrons. The topological polar surface area (TPSA) is 55.8 Å². The molecule has 1 amide bonds. The first kappa shape index (κ1) is 17.3. The summed E-state index contributed by atoms with van der Waals surface area (Å²) in [6.45, 7) is 4.18. The van der Waals surface area contributed by atoms with Gasteiger partial charge >= 0.3 is 6.09 Å². The summed E-state index contributed by atoms with van der Waals surface area (Å²) in [5.41, 5.74) is 0. The molecule has 2 aliphatic rings. The maximum absolute atomic E-state index is 12.3. The largest absolute Gasteiger partial charge is 0.438 e. The highest BCUT2D eigenvalue weighted by Crippen LogP contribution is 2.29. The Hall–Kier alpha value is -1.10. The quantitative estimate of drug-likeness (QED) is 0.756. The van der Waals surface area contributed by atoms with Gasteiger partial charge in [-0.3, -0.25) is 4.79 Å². The number of hydrogen-bond donors (Lipinski definition) is 0. The van der Waals surface area contributed by atoms with Crippen molar-refractivity contribution in [1.29, 1.82) is 0 Å². The third kappa shape index (κ3) is 5.27. The van der Waals surface area contributed by atoms with Gasteiger partial charge in [0.15, 0.2) is 11.9 Å². The standard InChI is InChI=1S/C17H29NO4/c1-2-6-15(19)16(13-14-7-4-3-5-8-14)22-17(20)18-9-11-21-12-10-18/h14,16H,2-13H2,1H3/t16-/m0/s1. The molecule has 0 unspecified atom stereocenters. The van der Waals surface area contributed by atoms with E-state index in [0.717, 1.165) is 19.3 Å². The van der Waals surface area contributed by atoms with Crippen LogP contribution in [0.25, 0.3) is 0 Å². The van der Waals surface area contributed by atoms with Gasteiger partial charge in [-0.2, -0.15) is 0 Å². The summed E-state index contributed by atoms with van der Waals surface area (Å²) >= 11 is 0. The molecule has 1 aliphatic carbocycles. The number of rotatable bonds is 6. The second-order valence-corrected chi connectivity index (χ2v) is 6.43. The number of amides is 1. The first-order valence-electron chi connectivity index (χ1n) is 8.76. The summed E-state index contributed by atoms with van der Waals surface area (Å²) in [7, 11) is 0. The monoisotopic (exact) mass is 311 g/mol. The highest BCUT2D eigenvalue weighted by molar-refractivity contribution is 5.85. The van der Waals surface area contributed by atoms with Crippen LogP contribution in [0.4, 0.5) is 4.79 Å². The van der Waals surface area contributed by atoms with Gasteiger partial charge in [-0.1, -0.05) is 39.0 Å². The van der Waals surface area contributed by atoms with Crippen LogP contribution in [0.5, 0.6) is 0 Å². The molecule has 0 aromatic heterocycles. The lowest BCUT2D eigenvalue weighted by Crippen LogP contribution is -2.43. The molecule has 0 radical (unpaired) electrons. The van der Waals surface area contributed by atoms with Crippen LogP contribution in [0, 0.1) is 5.92 Å². The van der Waals surface area contributed by atoms with Gasteiger partial charge in [0.1, 0.15) is 0 Å². The van der Waals surface area contributed by atoms with Crippen molar-refractivity contribution in [1.82, 2.24) is 4.90 Å². The Morgan fingerprint density at radius 3 is 2.50 bits per heavy atom. The van der Waals surface area contributed by atoms with Gasteiger partial charge in [0.25, 0.3) is 0 Å². The van der Waals surface area contributed by atoms with Crippen molar-refractivity contribution in [3.8, 4) is 0 Å². The summed E-state index contributed by atoms with van der Waals surface area (Å²) in [6.07, 6.45) is 7.16. The van der Waals surface area contributed by atoms with Crippen LogP contribution in [0.3, 0.4) is 0 Å². The van der Waals surface area contributed by atoms with E-state index in [1.54, 1.807) is 4.90 Å². The zero-order valence-corrected chi connectivity index (χ0v) is 13.7. The van der Waals surface area contributed by atoms with Gasteiger partial charge in [-0.25, -0.2) is 4.79 Å². The Balaban J connectivity index is 1.90. The van der Waals surface area contributed by atoms with Crippen molar-refractivity contribution in [2.24, 2.45) is 5.92 Å². The van der Waals surface area contributed by atoms with E-state index in [2.05, 4.69) is 0 Å². The molecule has 1 heterocycles. The van der Waals surface area contributed by atoms with E-state index in [1.165, 1.54) is 19.3 Å². The van der Waals surface area contributed by atoms with Gasteiger partial charge in [-0.15, -0.1) is 0 Å². The summed E-state index contributed by atoms with van der Waals surface area (Å²) < 4.78 is 10.8. The Labute approximate surface area is 133 Å². The van der Waals surface area contributed by atoms with Crippen molar-refractivity contribution >= 4 is 11.9 Å². The average Bonchev–Trinajstić information content (AvgIpc) is 2.56. The van der Waals surface area contributed by atoms with Crippen molar-refractivity contribution in [2.75, 3.05) is 26.3 Å². The minimum atomic E-state index is -0.557. The van der Waals surface area contributed by atoms with E-state index in [1.807, 2.05) is 6.92 Å². The molecule has 0 aromatic carbocycles. The van der Waals surface area contributed by atoms with Gasteiger partial charge < -0.3 is 14.4 Å². The van der Waals surface area contributed by atoms with E-state index in [4.69, 9.17) is 9.47 Å².